The normalized spacial score (nSPS) is 15.7. The average Bonchev–Trinajstić information content (AvgIpc) is 2.50. The van der Waals surface area contributed by atoms with E-state index in [1.54, 1.807) is 7.05 Å². The lowest BCUT2D eigenvalue weighted by Crippen LogP contribution is -2.33. The molecule has 0 unspecified atom stereocenters. The van der Waals surface area contributed by atoms with E-state index >= 15 is 0 Å². The SMILES string of the molecule is CNCC(=O)NC1CC1.Cl. The molecule has 0 aromatic rings. The molecule has 10 heavy (non-hydrogen) atoms. The van der Waals surface area contributed by atoms with Crippen LogP contribution >= 0.6 is 12.4 Å². The fourth-order valence-electron chi connectivity index (χ4n) is 0.667. The second-order valence-electron chi connectivity index (χ2n) is 2.37. The molecule has 0 aromatic carbocycles. The first kappa shape index (κ1) is 9.72. The molecule has 2 N–H and O–H groups in total. The second-order valence-corrected chi connectivity index (χ2v) is 2.37. The molecule has 1 aliphatic carbocycles. The molecule has 1 saturated carbocycles. The molecular weight excluding hydrogens is 152 g/mol. The zero-order valence-corrected chi connectivity index (χ0v) is 6.83. The van der Waals surface area contributed by atoms with Gasteiger partial charge < -0.3 is 10.6 Å². The van der Waals surface area contributed by atoms with Gasteiger partial charge in [-0.05, 0) is 19.9 Å². The number of rotatable bonds is 3. The van der Waals surface area contributed by atoms with Crippen LogP contribution in [0.25, 0.3) is 0 Å². The highest BCUT2D eigenvalue weighted by molar-refractivity contribution is 5.85. The summed E-state index contributed by atoms with van der Waals surface area (Å²) in [7, 11) is 1.77. The average molecular weight is 165 g/mol. The highest BCUT2D eigenvalue weighted by Gasteiger charge is 2.22. The molecule has 1 fully saturated rings. The molecule has 0 aromatic heterocycles. The first-order valence-corrected chi connectivity index (χ1v) is 3.27. The van der Waals surface area contributed by atoms with Gasteiger partial charge >= 0.3 is 0 Å². The number of nitrogens with one attached hydrogen (secondary N) is 2. The first-order chi connectivity index (χ1) is 4.33. The molecule has 60 valence electrons. The van der Waals surface area contributed by atoms with Crippen LogP contribution in [0.15, 0.2) is 0 Å². The zero-order chi connectivity index (χ0) is 6.69. The van der Waals surface area contributed by atoms with Crippen molar-refractivity contribution in [2.75, 3.05) is 13.6 Å². The van der Waals surface area contributed by atoms with Gasteiger partial charge in [0.05, 0.1) is 6.54 Å². The van der Waals surface area contributed by atoms with Gasteiger partial charge in [-0.25, -0.2) is 0 Å². The van der Waals surface area contributed by atoms with Gasteiger partial charge in [0.2, 0.25) is 5.91 Å². The number of carbonyl (C=O) groups excluding carboxylic acids is 1. The van der Waals surface area contributed by atoms with Gasteiger partial charge in [-0.2, -0.15) is 0 Å². The van der Waals surface area contributed by atoms with E-state index in [-0.39, 0.29) is 18.3 Å². The van der Waals surface area contributed by atoms with Gasteiger partial charge in [-0.1, -0.05) is 0 Å². The summed E-state index contributed by atoms with van der Waals surface area (Å²) in [6.45, 7) is 0.441. The van der Waals surface area contributed by atoms with Gasteiger partial charge in [0, 0.05) is 6.04 Å². The largest absolute Gasteiger partial charge is 0.352 e. The molecule has 1 aliphatic rings. The predicted octanol–water partition coefficient (Wildman–Crippen LogP) is -0.0938. The molecule has 3 nitrogen and oxygen atoms in total. The van der Waals surface area contributed by atoms with Gasteiger partial charge in [-0.3, -0.25) is 4.79 Å². The molecule has 0 saturated heterocycles. The number of halogens is 1. The number of hydrogen-bond donors (Lipinski definition) is 2. The highest BCUT2D eigenvalue weighted by Crippen LogP contribution is 2.17. The van der Waals surface area contributed by atoms with E-state index in [1.807, 2.05) is 0 Å². The van der Waals surface area contributed by atoms with Crippen molar-refractivity contribution in [2.45, 2.75) is 18.9 Å². The van der Waals surface area contributed by atoms with Crippen molar-refractivity contribution in [1.29, 1.82) is 0 Å². The Labute approximate surface area is 67.0 Å². The Morgan fingerprint density at radius 2 is 2.20 bits per heavy atom. The summed E-state index contributed by atoms with van der Waals surface area (Å²) >= 11 is 0. The summed E-state index contributed by atoms with van der Waals surface area (Å²) in [6.07, 6.45) is 2.32. The van der Waals surface area contributed by atoms with E-state index in [0.717, 1.165) is 12.8 Å². The molecule has 0 atom stereocenters. The third-order valence-electron chi connectivity index (χ3n) is 1.28. The Morgan fingerprint density at radius 3 is 2.60 bits per heavy atom. The van der Waals surface area contributed by atoms with Gasteiger partial charge in [0.15, 0.2) is 0 Å². The minimum Gasteiger partial charge on any atom is -0.352 e. The Hall–Kier alpha value is -0.280. The number of likely N-dealkylation sites (N-methyl/N-ethyl adjacent to an activating group) is 1. The maximum absolute atomic E-state index is 10.7. The Kier molecular flexibility index (Phi) is 4.40. The molecular formula is C6H13ClN2O. The van der Waals surface area contributed by atoms with Crippen LogP contribution in [0.5, 0.6) is 0 Å². The fraction of sp³-hybridized carbons (Fsp3) is 0.833. The summed E-state index contributed by atoms with van der Waals surface area (Å²) < 4.78 is 0. The van der Waals surface area contributed by atoms with Crippen molar-refractivity contribution in [1.82, 2.24) is 10.6 Å². The Morgan fingerprint density at radius 1 is 1.60 bits per heavy atom. The van der Waals surface area contributed by atoms with Crippen LogP contribution in [0.2, 0.25) is 0 Å². The van der Waals surface area contributed by atoms with E-state index in [4.69, 9.17) is 0 Å². The molecule has 0 bridgehead atoms. The highest BCUT2D eigenvalue weighted by atomic mass is 35.5. The van der Waals surface area contributed by atoms with Crippen LogP contribution < -0.4 is 10.6 Å². The smallest absolute Gasteiger partial charge is 0.234 e. The topological polar surface area (TPSA) is 41.1 Å². The number of amides is 1. The van der Waals surface area contributed by atoms with Crippen molar-refractivity contribution >= 4 is 18.3 Å². The predicted molar refractivity (Wildman–Crippen MR) is 42.3 cm³/mol. The lowest BCUT2D eigenvalue weighted by atomic mass is 10.5. The zero-order valence-electron chi connectivity index (χ0n) is 6.02. The standard InChI is InChI=1S/C6H12N2O.ClH/c1-7-4-6(9)8-5-2-3-5;/h5,7H,2-4H2,1H3,(H,8,9);1H. The van der Waals surface area contributed by atoms with Gasteiger partial charge in [-0.15, -0.1) is 12.4 Å². The van der Waals surface area contributed by atoms with Crippen LogP contribution in [0.3, 0.4) is 0 Å². The van der Waals surface area contributed by atoms with Crippen molar-refractivity contribution in [2.24, 2.45) is 0 Å². The van der Waals surface area contributed by atoms with E-state index in [9.17, 15) is 4.79 Å². The molecule has 0 aliphatic heterocycles. The van der Waals surface area contributed by atoms with E-state index in [0.29, 0.717) is 12.6 Å². The molecule has 0 spiro atoms. The van der Waals surface area contributed by atoms with E-state index in [2.05, 4.69) is 10.6 Å². The summed E-state index contributed by atoms with van der Waals surface area (Å²) in [5.41, 5.74) is 0. The summed E-state index contributed by atoms with van der Waals surface area (Å²) in [5.74, 6) is 0.111. The lowest BCUT2D eigenvalue weighted by molar-refractivity contribution is -0.120. The molecule has 4 heteroatoms. The minimum atomic E-state index is 0. The van der Waals surface area contributed by atoms with Crippen LogP contribution in [-0.4, -0.2) is 25.5 Å². The lowest BCUT2D eigenvalue weighted by Gasteiger charge is -1.99. The molecule has 1 rings (SSSR count). The minimum absolute atomic E-state index is 0. The third-order valence-corrected chi connectivity index (χ3v) is 1.28. The van der Waals surface area contributed by atoms with Crippen molar-refractivity contribution < 1.29 is 4.79 Å². The van der Waals surface area contributed by atoms with Crippen LogP contribution in [0.1, 0.15) is 12.8 Å². The van der Waals surface area contributed by atoms with Crippen molar-refractivity contribution in [3.8, 4) is 0 Å². The Balaban J connectivity index is 0.000000810. The molecule has 0 radical (unpaired) electrons. The summed E-state index contributed by atoms with van der Waals surface area (Å²) in [4.78, 5) is 10.7. The Bertz CT molecular complexity index is 114. The van der Waals surface area contributed by atoms with Gasteiger partial charge in [0.1, 0.15) is 0 Å². The summed E-state index contributed by atoms with van der Waals surface area (Å²) in [5, 5.41) is 5.64. The van der Waals surface area contributed by atoms with Crippen LogP contribution in [0.4, 0.5) is 0 Å². The third kappa shape index (κ3) is 3.69. The van der Waals surface area contributed by atoms with E-state index in [1.165, 1.54) is 0 Å². The maximum atomic E-state index is 10.7. The first-order valence-electron chi connectivity index (χ1n) is 3.27. The number of hydrogen-bond acceptors (Lipinski definition) is 2. The summed E-state index contributed by atoms with van der Waals surface area (Å²) in [6, 6.07) is 0.492. The van der Waals surface area contributed by atoms with E-state index < -0.39 is 0 Å². The van der Waals surface area contributed by atoms with Crippen LogP contribution in [0, 0.1) is 0 Å². The van der Waals surface area contributed by atoms with Crippen molar-refractivity contribution in [3.63, 3.8) is 0 Å². The second kappa shape index (κ2) is 4.52. The maximum Gasteiger partial charge on any atom is 0.234 e. The quantitative estimate of drug-likeness (QED) is 0.612. The number of carbonyl (C=O) groups is 1. The van der Waals surface area contributed by atoms with Gasteiger partial charge in [0.25, 0.3) is 0 Å². The molecule has 0 heterocycles. The fourth-order valence-corrected chi connectivity index (χ4v) is 0.667. The monoisotopic (exact) mass is 164 g/mol. The molecule has 1 amide bonds. The van der Waals surface area contributed by atoms with Crippen molar-refractivity contribution in [3.05, 3.63) is 0 Å². The van der Waals surface area contributed by atoms with Crippen LogP contribution in [-0.2, 0) is 4.79 Å².